The van der Waals surface area contributed by atoms with Gasteiger partial charge in [0.15, 0.2) is 9.84 Å². The molecule has 2 aromatic carbocycles. The van der Waals surface area contributed by atoms with Gasteiger partial charge in [0.1, 0.15) is 11.9 Å². The molecule has 1 amide bonds. The first-order valence-corrected chi connectivity index (χ1v) is 12.8. The Morgan fingerprint density at radius 2 is 1.79 bits per heavy atom. The van der Waals surface area contributed by atoms with Crippen molar-refractivity contribution in [2.24, 2.45) is 0 Å². The van der Waals surface area contributed by atoms with E-state index in [9.17, 15) is 26.4 Å². The van der Waals surface area contributed by atoms with E-state index in [1.807, 2.05) is 11.8 Å². The fourth-order valence-electron chi connectivity index (χ4n) is 3.87. The Kier molecular flexibility index (Phi) is 7.33. The normalized spacial score (nSPS) is 18.5. The van der Waals surface area contributed by atoms with Crippen molar-refractivity contribution in [3.05, 3.63) is 59.7 Å². The van der Waals surface area contributed by atoms with Gasteiger partial charge in [0.2, 0.25) is 5.91 Å². The van der Waals surface area contributed by atoms with Crippen molar-refractivity contribution < 1.29 is 31.1 Å². The molecule has 0 aliphatic carbocycles. The monoisotopic (exact) mass is 498 g/mol. The van der Waals surface area contributed by atoms with Gasteiger partial charge in [0.25, 0.3) is 0 Å². The minimum absolute atomic E-state index is 0.148. The summed E-state index contributed by atoms with van der Waals surface area (Å²) < 4.78 is 67.9. The number of ether oxygens (including phenoxy) is 1. The van der Waals surface area contributed by atoms with E-state index >= 15 is 0 Å². The van der Waals surface area contributed by atoms with Crippen LogP contribution in [0, 0.1) is 0 Å². The van der Waals surface area contributed by atoms with Crippen molar-refractivity contribution in [1.29, 1.82) is 0 Å². The second-order valence-electron chi connectivity index (χ2n) is 9.10. The lowest BCUT2D eigenvalue weighted by Crippen LogP contribution is -2.54. The number of hydrogen-bond donors (Lipinski definition) is 1. The molecule has 2 aromatic rings. The molecule has 0 aromatic heterocycles. The predicted octanol–water partition coefficient (Wildman–Crippen LogP) is 4.22. The fourth-order valence-corrected chi connectivity index (χ4v) is 4.50. The maximum atomic E-state index is 13.1. The van der Waals surface area contributed by atoms with Crippen molar-refractivity contribution in [3.63, 3.8) is 0 Å². The summed E-state index contributed by atoms with van der Waals surface area (Å²) in [6.07, 6.45) is -3.06. The van der Waals surface area contributed by atoms with Crippen LogP contribution in [0.4, 0.5) is 13.2 Å². The van der Waals surface area contributed by atoms with Gasteiger partial charge in [0.05, 0.1) is 22.0 Å². The number of nitrogens with zero attached hydrogens (tertiary/aromatic N) is 1. The summed E-state index contributed by atoms with van der Waals surface area (Å²) in [5.41, 5.74) is -0.880. The molecule has 0 spiro atoms. The molecule has 1 N–H and O–H groups in total. The SMILES string of the molecule is C[C@H](NC(=O)C(C)(C)N1CC[C@@H](Oc2cccc(C(F)(F)F)c2)C1)c1ccc(S(C)(=O)=O)cc1. The van der Waals surface area contributed by atoms with Gasteiger partial charge in [0, 0.05) is 19.3 Å². The van der Waals surface area contributed by atoms with E-state index in [-0.39, 0.29) is 28.7 Å². The molecule has 0 unspecified atom stereocenters. The number of hydrogen-bond acceptors (Lipinski definition) is 5. The predicted molar refractivity (Wildman–Crippen MR) is 122 cm³/mol. The molecule has 0 radical (unpaired) electrons. The van der Waals surface area contributed by atoms with Crippen molar-refractivity contribution in [3.8, 4) is 5.75 Å². The van der Waals surface area contributed by atoms with Crippen LogP contribution < -0.4 is 10.1 Å². The molecule has 34 heavy (non-hydrogen) atoms. The number of carbonyl (C=O) groups is 1. The van der Waals surface area contributed by atoms with Gasteiger partial charge in [-0.05, 0) is 63.1 Å². The summed E-state index contributed by atoms with van der Waals surface area (Å²) in [5, 5.41) is 2.96. The van der Waals surface area contributed by atoms with Crippen molar-refractivity contribution in [2.75, 3.05) is 19.3 Å². The Bertz CT molecular complexity index is 1130. The summed E-state index contributed by atoms with van der Waals surface area (Å²) in [4.78, 5) is 15.2. The van der Waals surface area contributed by atoms with Crippen LogP contribution in [-0.2, 0) is 20.8 Å². The lowest BCUT2D eigenvalue weighted by Gasteiger charge is -2.35. The van der Waals surface area contributed by atoms with Gasteiger partial charge < -0.3 is 10.1 Å². The van der Waals surface area contributed by atoms with Crippen LogP contribution >= 0.6 is 0 Å². The number of rotatable bonds is 7. The van der Waals surface area contributed by atoms with E-state index in [0.717, 1.165) is 24.0 Å². The molecule has 6 nitrogen and oxygen atoms in total. The summed E-state index contributed by atoms with van der Waals surface area (Å²) in [6, 6.07) is 10.8. The molecular formula is C24H29F3N2O4S. The molecule has 3 rings (SSSR count). The highest BCUT2D eigenvalue weighted by Gasteiger charge is 2.40. The van der Waals surface area contributed by atoms with Crippen LogP contribution in [0.1, 0.15) is 44.4 Å². The van der Waals surface area contributed by atoms with Crippen molar-refractivity contribution >= 4 is 15.7 Å². The van der Waals surface area contributed by atoms with Crippen LogP contribution in [0.15, 0.2) is 53.4 Å². The van der Waals surface area contributed by atoms with Gasteiger partial charge >= 0.3 is 6.18 Å². The first kappa shape index (κ1) is 26.0. The van der Waals surface area contributed by atoms with Gasteiger partial charge in [-0.15, -0.1) is 0 Å². The highest BCUT2D eigenvalue weighted by Crippen LogP contribution is 2.32. The average molecular weight is 499 g/mol. The molecule has 1 saturated heterocycles. The summed E-state index contributed by atoms with van der Waals surface area (Å²) in [5.74, 6) is -0.0676. The number of nitrogens with one attached hydrogen (secondary N) is 1. The third-order valence-electron chi connectivity index (χ3n) is 6.11. The van der Waals surface area contributed by atoms with E-state index in [4.69, 9.17) is 4.74 Å². The summed E-state index contributed by atoms with van der Waals surface area (Å²) in [7, 11) is -3.30. The number of amides is 1. The van der Waals surface area contributed by atoms with Gasteiger partial charge in [-0.25, -0.2) is 8.42 Å². The van der Waals surface area contributed by atoms with E-state index in [1.165, 1.54) is 24.3 Å². The number of sulfone groups is 1. The summed E-state index contributed by atoms with van der Waals surface area (Å²) in [6.45, 7) is 6.34. The molecule has 186 valence electrons. The van der Waals surface area contributed by atoms with Crippen LogP contribution in [0.2, 0.25) is 0 Å². The van der Waals surface area contributed by atoms with Crippen molar-refractivity contribution in [1.82, 2.24) is 10.2 Å². The number of alkyl halides is 3. The third kappa shape index (κ3) is 6.09. The molecule has 2 atom stereocenters. The number of likely N-dealkylation sites (tertiary alicyclic amines) is 1. The Balaban J connectivity index is 1.61. The van der Waals surface area contributed by atoms with E-state index in [0.29, 0.717) is 19.5 Å². The van der Waals surface area contributed by atoms with Crippen LogP contribution in [-0.4, -0.2) is 50.2 Å². The Morgan fingerprint density at radius 3 is 2.38 bits per heavy atom. The first-order valence-electron chi connectivity index (χ1n) is 10.9. The second-order valence-corrected chi connectivity index (χ2v) is 11.1. The average Bonchev–Trinajstić information content (AvgIpc) is 3.22. The lowest BCUT2D eigenvalue weighted by molar-refractivity contribution is -0.137. The Hall–Kier alpha value is -2.59. The molecule has 1 heterocycles. The van der Waals surface area contributed by atoms with Crippen molar-refractivity contribution in [2.45, 2.75) is 55.9 Å². The zero-order chi connectivity index (χ0) is 25.3. The molecule has 1 aliphatic rings. The number of halogens is 3. The Labute approximate surface area is 198 Å². The highest BCUT2D eigenvalue weighted by atomic mass is 32.2. The third-order valence-corrected chi connectivity index (χ3v) is 7.24. The van der Waals surface area contributed by atoms with Gasteiger partial charge in [-0.1, -0.05) is 18.2 Å². The fraction of sp³-hybridized carbons (Fsp3) is 0.458. The number of benzene rings is 2. The maximum absolute atomic E-state index is 13.1. The zero-order valence-corrected chi connectivity index (χ0v) is 20.3. The first-order chi connectivity index (χ1) is 15.7. The molecule has 10 heteroatoms. The van der Waals surface area contributed by atoms with Gasteiger partial charge in [-0.3, -0.25) is 9.69 Å². The standard InChI is InChI=1S/C24H29F3N2O4S/c1-16(17-8-10-21(11-9-17)34(4,31)32)28-22(30)23(2,3)29-13-12-20(15-29)33-19-7-5-6-18(14-19)24(25,26)27/h5-11,14,16,20H,12-13,15H2,1-4H3,(H,28,30)/t16-,20+/m0/s1. The molecule has 0 bridgehead atoms. The Morgan fingerprint density at radius 1 is 1.15 bits per heavy atom. The molecule has 0 saturated carbocycles. The van der Waals surface area contributed by atoms with Crippen LogP contribution in [0.5, 0.6) is 5.75 Å². The highest BCUT2D eigenvalue weighted by molar-refractivity contribution is 7.90. The summed E-state index contributed by atoms with van der Waals surface area (Å²) >= 11 is 0. The van der Waals surface area contributed by atoms with E-state index < -0.39 is 27.1 Å². The van der Waals surface area contributed by atoms with E-state index in [2.05, 4.69) is 5.32 Å². The maximum Gasteiger partial charge on any atom is 0.416 e. The molecule has 1 fully saturated rings. The molecular weight excluding hydrogens is 469 g/mol. The number of carbonyl (C=O) groups excluding carboxylic acids is 1. The largest absolute Gasteiger partial charge is 0.489 e. The van der Waals surface area contributed by atoms with E-state index in [1.54, 1.807) is 26.0 Å². The minimum Gasteiger partial charge on any atom is -0.489 e. The second kappa shape index (κ2) is 9.58. The zero-order valence-electron chi connectivity index (χ0n) is 19.5. The lowest BCUT2D eigenvalue weighted by atomic mass is 10.0. The quantitative estimate of drug-likeness (QED) is 0.619. The minimum atomic E-state index is -4.44. The topological polar surface area (TPSA) is 75.7 Å². The van der Waals surface area contributed by atoms with Gasteiger partial charge in [-0.2, -0.15) is 13.2 Å². The smallest absolute Gasteiger partial charge is 0.416 e. The molecule has 1 aliphatic heterocycles. The van der Waals surface area contributed by atoms with Crippen LogP contribution in [0.25, 0.3) is 0 Å². The van der Waals surface area contributed by atoms with Crippen LogP contribution in [0.3, 0.4) is 0 Å².